The van der Waals surface area contributed by atoms with E-state index in [0.29, 0.717) is 17.2 Å². The summed E-state index contributed by atoms with van der Waals surface area (Å²) < 4.78 is 16.1. The number of aromatic carboxylic acids is 1. The zero-order chi connectivity index (χ0) is 15.2. The molecule has 2 rings (SSSR count). The maximum absolute atomic E-state index is 11.0. The average molecular weight is 288 g/mol. The maximum atomic E-state index is 11.0. The fourth-order valence-corrected chi connectivity index (χ4v) is 1.90. The van der Waals surface area contributed by atoms with Gasteiger partial charge in [-0.05, 0) is 24.3 Å². The van der Waals surface area contributed by atoms with Crippen LogP contribution in [-0.4, -0.2) is 25.3 Å². The van der Waals surface area contributed by atoms with Crippen molar-refractivity contribution in [3.8, 4) is 17.2 Å². The molecule has 0 spiro atoms. The van der Waals surface area contributed by atoms with E-state index >= 15 is 0 Å². The Morgan fingerprint density at radius 2 is 1.71 bits per heavy atom. The Balaban J connectivity index is 2.22. The molecule has 0 atom stereocenters. The van der Waals surface area contributed by atoms with E-state index in [9.17, 15) is 4.79 Å². The molecule has 0 amide bonds. The molecular formula is C16H16O5. The number of hydrogen-bond donors (Lipinski definition) is 1. The molecule has 5 heteroatoms. The van der Waals surface area contributed by atoms with Gasteiger partial charge in [-0.15, -0.1) is 0 Å². The van der Waals surface area contributed by atoms with Gasteiger partial charge in [0.25, 0.3) is 0 Å². The van der Waals surface area contributed by atoms with Crippen LogP contribution in [0, 0.1) is 0 Å². The quantitative estimate of drug-likeness (QED) is 0.885. The van der Waals surface area contributed by atoms with Crippen LogP contribution in [0.25, 0.3) is 0 Å². The van der Waals surface area contributed by atoms with Gasteiger partial charge in [-0.2, -0.15) is 0 Å². The van der Waals surface area contributed by atoms with Gasteiger partial charge in [-0.25, -0.2) is 4.79 Å². The lowest BCUT2D eigenvalue weighted by molar-refractivity contribution is 0.0696. The van der Waals surface area contributed by atoms with Gasteiger partial charge in [-0.3, -0.25) is 0 Å². The van der Waals surface area contributed by atoms with Crippen molar-refractivity contribution < 1.29 is 24.1 Å². The molecule has 0 aliphatic rings. The van der Waals surface area contributed by atoms with Gasteiger partial charge in [0.1, 0.15) is 12.4 Å². The van der Waals surface area contributed by atoms with Crippen LogP contribution in [0.5, 0.6) is 17.2 Å². The summed E-state index contributed by atoms with van der Waals surface area (Å²) in [6.07, 6.45) is 0. The molecule has 21 heavy (non-hydrogen) atoms. The summed E-state index contributed by atoms with van der Waals surface area (Å²) in [5, 5.41) is 9.02. The van der Waals surface area contributed by atoms with Crippen molar-refractivity contribution in [2.24, 2.45) is 0 Å². The average Bonchev–Trinajstić information content (AvgIpc) is 2.52. The van der Waals surface area contributed by atoms with E-state index in [0.717, 1.165) is 5.56 Å². The van der Waals surface area contributed by atoms with Crippen LogP contribution in [0.15, 0.2) is 42.5 Å². The molecule has 0 bridgehead atoms. The molecule has 2 aromatic carbocycles. The fraction of sp³-hybridized carbons (Fsp3) is 0.188. The van der Waals surface area contributed by atoms with Gasteiger partial charge < -0.3 is 19.3 Å². The molecule has 0 fully saturated rings. The third kappa shape index (κ3) is 3.45. The van der Waals surface area contributed by atoms with Crippen LogP contribution in [-0.2, 0) is 6.61 Å². The topological polar surface area (TPSA) is 65.0 Å². The summed E-state index contributed by atoms with van der Waals surface area (Å²) in [6.45, 7) is 0.253. The van der Waals surface area contributed by atoms with Gasteiger partial charge in [-0.1, -0.05) is 18.2 Å². The second-order valence-corrected chi connectivity index (χ2v) is 4.27. The normalized spacial score (nSPS) is 10.0. The number of rotatable bonds is 6. The lowest BCUT2D eigenvalue weighted by atomic mass is 10.2. The van der Waals surface area contributed by atoms with Gasteiger partial charge in [0.2, 0.25) is 0 Å². The lowest BCUT2D eigenvalue weighted by Gasteiger charge is -2.13. The highest BCUT2D eigenvalue weighted by molar-refractivity contribution is 5.88. The summed E-state index contributed by atoms with van der Waals surface area (Å²) in [5.74, 6) is 0.559. The Kier molecular flexibility index (Phi) is 4.66. The van der Waals surface area contributed by atoms with Gasteiger partial charge in [0.05, 0.1) is 19.8 Å². The van der Waals surface area contributed by atoms with Crippen LogP contribution in [0.3, 0.4) is 0 Å². The summed E-state index contributed by atoms with van der Waals surface area (Å²) in [6, 6.07) is 11.9. The zero-order valence-corrected chi connectivity index (χ0v) is 11.8. The maximum Gasteiger partial charge on any atom is 0.335 e. The van der Waals surface area contributed by atoms with Crippen molar-refractivity contribution in [3.63, 3.8) is 0 Å². The minimum atomic E-state index is -1.01. The first-order valence-corrected chi connectivity index (χ1v) is 6.31. The summed E-state index contributed by atoms with van der Waals surface area (Å²) in [4.78, 5) is 11.0. The number of carboxylic acid groups (broad SMARTS) is 1. The highest BCUT2D eigenvalue weighted by Crippen LogP contribution is 2.30. The van der Waals surface area contributed by atoms with Crippen LogP contribution < -0.4 is 14.2 Å². The summed E-state index contributed by atoms with van der Waals surface area (Å²) in [5.41, 5.74) is 1.01. The highest BCUT2D eigenvalue weighted by Gasteiger charge is 2.11. The first kappa shape index (κ1) is 14.7. The number of ether oxygens (including phenoxy) is 3. The number of benzene rings is 2. The number of carboxylic acids is 1. The Bertz CT molecular complexity index is 636. The Hall–Kier alpha value is -2.69. The molecule has 0 radical (unpaired) electrons. The number of para-hydroxylation sites is 1. The number of hydrogen-bond acceptors (Lipinski definition) is 4. The molecule has 0 aliphatic carbocycles. The van der Waals surface area contributed by atoms with E-state index in [-0.39, 0.29) is 12.2 Å². The smallest absolute Gasteiger partial charge is 0.335 e. The van der Waals surface area contributed by atoms with E-state index in [4.69, 9.17) is 19.3 Å². The van der Waals surface area contributed by atoms with Crippen molar-refractivity contribution >= 4 is 5.97 Å². The molecule has 0 aromatic heterocycles. The van der Waals surface area contributed by atoms with E-state index in [1.165, 1.54) is 19.2 Å². The Morgan fingerprint density at radius 1 is 1.00 bits per heavy atom. The second-order valence-electron chi connectivity index (χ2n) is 4.27. The van der Waals surface area contributed by atoms with Crippen LogP contribution in [0.2, 0.25) is 0 Å². The Labute approximate surface area is 122 Å². The van der Waals surface area contributed by atoms with Crippen molar-refractivity contribution in [2.75, 3.05) is 14.2 Å². The third-order valence-corrected chi connectivity index (χ3v) is 2.99. The molecule has 5 nitrogen and oxygen atoms in total. The zero-order valence-electron chi connectivity index (χ0n) is 11.8. The van der Waals surface area contributed by atoms with Crippen molar-refractivity contribution in [2.45, 2.75) is 6.61 Å². The van der Waals surface area contributed by atoms with E-state index in [2.05, 4.69) is 0 Å². The SMILES string of the molecule is COc1ccccc1COc1cc(C(=O)O)ccc1OC. The molecule has 110 valence electrons. The minimum absolute atomic E-state index is 0.144. The lowest BCUT2D eigenvalue weighted by Crippen LogP contribution is -2.02. The molecule has 0 aliphatic heterocycles. The summed E-state index contributed by atoms with van der Waals surface area (Å²) >= 11 is 0. The predicted octanol–water partition coefficient (Wildman–Crippen LogP) is 2.98. The fourth-order valence-electron chi connectivity index (χ4n) is 1.90. The highest BCUT2D eigenvalue weighted by atomic mass is 16.5. The molecule has 0 saturated carbocycles. The van der Waals surface area contributed by atoms with Crippen LogP contribution >= 0.6 is 0 Å². The van der Waals surface area contributed by atoms with Gasteiger partial charge in [0.15, 0.2) is 11.5 Å². The van der Waals surface area contributed by atoms with Gasteiger partial charge >= 0.3 is 5.97 Å². The van der Waals surface area contributed by atoms with Crippen molar-refractivity contribution in [1.29, 1.82) is 0 Å². The monoisotopic (exact) mass is 288 g/mol. The predicted molar refractivity (Wildman–Crippen MR) is 77.3 cm³/mol. The first-order valence-electron chi connectivity index (χ1n) is 6.31. The molecule has 0 saturated heterocycles. The largest absolute Gasteiger partial charge is 0.496 e. The minimum Gasteiger partial charge on any atom is -0.496 e. The molecular weight excluding hydrogens is 272 g/mol. The summed E-state index contributed by atoms with van der Waals surface area (Å²) in [7, 11) is 3.09. The van der Waals surface area contributed by atoms with E-state index in [1.54, 1.807) is 13.2 Å². The standard InChI is InChI=1S/C16H16O5/c1-19-13-6-4-3-5-12(13)10-21-15-9-11(16(17)18)7-8-14(15)20-2/h3-9H,10H2,1-2H3,(H,17,18). The van der Waals surface area contributed by atoms with E-state index in [1.807, 2.05) is 24.3 Å². The molecule has 2 aromatic rings. The van der Waals surface area contributed by atoms with Crippen LogP contribution in [0.1, 0.15) is 15.9 Å². The Morgan fingerprint density at radius 3 is 2.38 bits per heavy atom. The van der Waals surface area contributed by atoms with Crippen molar-refractivity contribution in [3.05, 3.63) is 53.6 Å². The molecule has 0 unspecified atom stereocenters. The van der Waals surface area contributed by atoms with Crippen molar-refractivity contribution in [1.82, 2.24) is 0 Å². The second kappa shape index (κ2) is 6.65. The first-order chi connectivity index (χ1) is 10.2. The number of methoxy groups -OCH3 is 2. The van der Waals surface area contributed by atoms with E-state index < -0.39 is 5.97 Å². The van der Waals surface area contributed by atoms with Gasteiger partial charge in [0, 0.05) is 5.56 Å². The molecule has 0 heterocycles. The third-order valence-electron chi connectivity index (χ3n) is 2.99. The van der Waals surface area contributed by atoms with Crippen LogP contribution in [0.4, 0.5) is 0 Å². The molecule has 1 N–H and O–H groups in total. The number of carbonyl (C=O) groups is 1.